The van der Waals surface area contributed by atoms with E-state index in [-0.39, 0.29) is 17.4 Å². The largest absolute Gasteiger partial charge is 0.409 e. The zero-order valence-corrected chi connectivity index (χ0v) is 12.9. The summed E-state index contributed by atoms with van der Waals surface area (Å²) in [5.41, 5.74) is 4.71. The third kappa shape index (κ3) is 3.48. The summed E-state index contributed by atoms with van der Waals surface area (Å²) in [7, 11) is -3.72. The van der Waals surface area contributed by atoms with Gasteiger partial charge in [-0.25, -0.2) is 18.1 Å². The Morgan fingerprint density at radius 2 is 2.20 bits per heavy atom. The van der Waals surface area contributed by atoms with Gasteiger partial charge in [0.05, 0.1) is 0 Å². The highest BCUT2D eigenvalue weighted by atomic mass is 32.2. The van der Waals surface area contributed by atoms with Gasteiger partial charge in [0.15, 0.2) is 5.03 Å². The predicted molar refractivity (Wildman–Crippen MR) is 75.0 cm³/mol. The fourth-order valence-corrected chi connectivity index (χ4v) is 2.72. The smallest absolute Gasteiger partial charge is 0.259 e. The van der Waals surface area contributed by atoms with Crippen LogP contribution in [0.1, 0.15) is 26.6 Å². The van der Waals surface area contributed by atoms with Crippen LogP contribution in [-0.4, -0.2) is 35.6 Å². The van der Waals surface area contributed by atoms with Crippen molar-refractivity contribution in [1.29, 1.82) is 0 Å². The number of imidazole rings is 1. The molecule has 9 heteroatoms. The van der Waals surface area contributed by atoms with E-state index >= 15 is 0 Å². The van der Waals surface area contributed by atoms with Gasteiger partial charge in [0.2, 0.25) is 0 Å². The molecule has 0 aliphatic heterocycles. The number of nitrogens with zero attached hydrogens (tertiary/aromatic N) is 3. The van der Waals surface area contributed by atoms with Gasteiger partial charge in [-0.1, -0.05) is 19.0 Å². The van der Waals surface area contributed by atoms with Crippen LogP contribution in [-0.2, 0) is 16.6 Å². The Balaban J connectivity index is 2.91. The molecule has 0 aliphatic rings. The molecule has 4 N–H and O–H groups in total. The zero-order valence-electron chi connectivity index (χ0n) is 12.1. The fourth-order valence-electron chi connectivity index (χ4n) is 1.50. The maximum absolute atomic E-state index is 12.1. The van der Waals surface area contributed by atoms with E-state index in [9.17, 15) is 8.42 Å². The van der Waals surface area contributed by atoms with Gasteiger partial charge in [-0.05, 0) is 13.8 Å². The van der Waals surface area contributed by atoms with Crippen LogP contribution in [0, 0.1) is 12.3 Å². The summed E-state index contributed by atoms with van der Waals surface area (Å²) in [5.74, 6) is 0.582. The van der Waals surface area contributed by atoms with Crippen molar-refractivity contribution >= 4 is 15.9 Å². The van der Waals surface area contributed by atoms with Gasteiger partial charge in [-0.2, -0.15) is 0 Å². The minimum atomic E-state index is -3.72. The fraction of sp³-hybridized carbons (Fsp3) is 0.636. The first kappa shape index (κ1) is 16.4. The Morgan fingerprint density at radius 3 is 2.65 bits per heavy atom. The van der Waals surface area contributed by atoms with E-state index in [4.69, 9.17) is 10.9 Å². The lowest BCUT2D eigenvalue weighted by atomic mass is 9.93. The minimum absolute atomic E-state index is 0.00323. The number of aromatic nitrogens is 2. The number of aryl methyl sites for hydroxylation is 2. The summed E-state index contributed by atoms with van der Waals surface area (Å²) in [6.07, 6.45) is 1.48. The van der Waals surface area contributed by atoms with Crippen LogP contribution in [0.5, 0.6) is 0 Å². The van der Waals surface area contributed by atoms with Crippen molar-refractivity contribution < 1.29 is 13.6 Å². The maximum Gasteiger partial charge on any atom is 0.259 e. The monoisotopic (exact) mass is 303 g/mol. The molecule has 0 amide bonds. The van der Waals surface area contributed by atoms with Crippen LogP contribution in [0.2, 0.25) is 0 Å². The van der Waals surface area contributed by atoms with Gasteiger partial charge < -0.3 is 15.5 Å². The van der Waals surface area contributed by atoms with E-state index in [1.54, 1.807) is 25.3 Å². The van der Waals surface area contributed by atoms with Crippen molar-refractivity contribution in [3.05, 3.63) is 12.0 Å². The Labute approximate surface area is 118 Å². The lowest BCUT2D eigenvalue weighted by molar-refractivity contribution is 0.307. The molecular weight excluding hydrogens is 282 g/mol. The first-order valence-corrected chi connectivity index (χ1v) is 7.64. The van der Waals surface area contributed by atoms with E-state index in [0.717, 1.165) is 0 Å². The van der Waals surface area contributed by atoms with Crippen LogP contribution in [0.4, 0.5) is 0 Å². The molecule has 1 aromatic rings. The van der Waals surface area contributed by atoms with Crippen molar-refractivity contribution in [2.24, 2.45) is 16.3 Å². The number of amidine groups is 1. The van der Waals surface area contributed by atoms with Crippen molar-refractivity contribution in [3.63, 3.8) is 0 Å². The maximum atomic E-state index is 12.1. The average molecular weight is 303 g/mol. The number of hydrogen-bond acceptors (Lipinski definition) is 5. The van der Waals surface area contributed by atoms with Crippen molar-refractivity contribution in [2.75, 3.05) is 6.54 Å². The summed E-state index contributed by atoms with van der Waals surface area (Å²) in [6, 6.07) is 0. The van der Waals surface area contributed by atoms with E-state index in [0.29, 0.717) is 12.4 Å². The number of rotatable bonds is 6. The van der Waals surface area contributed by atoms with E-state index < -0.39 is 15.4 Å². The third-order valence-corrected chi connectivity index (χ3v) is 4.35. The quantitative estimate of drug-likeness (QED) is 0.301. The Bertz CT molecular complexity index is 604. The highest BCUT2D eigenvalue weighted by Gasteiger charge is 2.27. The molecule has 20 heavy (non-hydrogen) atoms. The first-order valence-electron chi connectivity index (χ1n) is 6.15. The van der Waals surface area contributed by atoms with Crippen LogP contribution in [0.25, 0.3) is 0 Å². The molecule has 0 saturated carbocycles. The molecule has 8 nitrogen and oxygen atoms in total. The summed E-state index contributed by atoms with van der Waals surface area (Å²) in [4.78, 5) is 4.02. The van der Waals surface area contributed by atoms with Crippen molar-refractivity contribution in [3.8, 4) is 0 Å². The molecule has 0 saturated heterocycles. The third-order valence-electron chi connectivity index (χ3n) is 3.08. The molecule has 114 valence electrons. The second-order valence-electron chi connectivity index (χ2n) is 5.11. The van der Waals surface area contributed by atoms with Crippen LogP contribution < -0.4 is 10.5 Å². The van der Waals surface area contributed by atoms with Crippen LogP contribution >= 0.6 is 0 Å². The lowest BCUT2D eigenvalue weighted by Crippen LogP contribution is -2.42. The standard InChI is InChI=1S/C11H21N5O3S/c1-5-16-6-9(14-8(16)2)20(18,19)13-7-11(3,4)10(12)15-17/h6,13,17H,5,7H2,1-4H3,(H2,12,15). The van der Waals surface area contributed by atoms with Gasteiger partial charge in [-0.3, -0.25) is 0 Å². The van der Waals surface area contributed by atoms with Gasteiger partial charge in [-0.15, -0.1) is 0 Å². The first-order chi connectivity index (χ1) is 9.14. The molecule has 1 heterocycles. The van der Waals surface area contributed by atoms with E-state index in [1.165, 1.54) is 6.20 Å². The number of oxime groups is 1. The minimum Gasteiger partial charge on any atom is -0.409 e. The summed E-state index contributed by atoms with van der Waals surface area (Å²) >= 11 is 0. The SMILES string of the molecule is CCn1cc(S(=O)(=O)NCC(C)(C)/C(N)=N/O)nc1C. The van der Waals surface area contributed by atoms with Crippen LogP contribution in [0.15, 0.2) is 16.4 Å². The highest BCUT2D eigenvalue weighted by molar-refractivity contribution is 7.89. The highest BCUT2D eigenvalue weighted by Crippen LogP contribution is 2.16. The normalized spacial score (nSPS) is 13.7. The Hall–Kier alpha value is -1.61. The lowest BCUT2D eigenvalue weighted by Gasteiger charge is -2.22. The molecular formula is C11H21N5O3S. The van der Waals surface area contributed by atoms with E-state index in [1.807, 2.05) is 6.92 Å². The molecule has 1 rings (SSSR count). The van der Waals surface area contributed by atoms with E-state index in [2.05, 4.69) is 14.9 Å². The number of hydrogen-bond donors (Lipinski definition) is 3. The molecule has 0 unspecified atom stereocenters. The van der Waals surface area contributed by atoms with Crippen molar-refractivity contribution in [1.82, 2.24) is 14.3 Å². The molecule has 0 atom stereocenters. The van der Waals surface area contributed by atoms with Gasteiger partial charge in [0.1, 0.15) is 11.7 Å². The molecule has 0 bridgehead atoms. The predicted octanol–water partition coefficient (Wildman–Crippen LogP) is 0.262. The molecule has 0 radical (unpaired) electrons. The second kappa shape index (κ2) is 5.80. The second-order valence-corrected chi connectivity index (χ2v) is 6.82. The Morgan fingerprint density at radius 1 is 1.60 bits per heavy atom. The summed E-state index contributed by atoms with van der Waals surface area (Å²) < 4.78 is 28.4. The molecule has 0 aliphatic carbocycles. The average Bonchev–Trinajstić information content (AvgIpc) is 2.77. The zero-order chi connectivity index (χ0) is 15.6. The summed E-state index contributed by atoms with van der Waals surface area (Å²) in [5, 5.41) is 11.5. The Kier molecular flexibility index (Phi) is 4.77. The summed E-state index contributed by atoms with van der Waals surface area (Å²) in [6.45, 7) is 7.62. The van der Waals surface area contributed by atoms with Gasteiger partial charge in [0, 0.05) is 24.7 Å². The van der Waals surface area contributed by atoms with Crippen LogP contribution in [0.3, 0.4) is 0 Å². The number of nitrogens with one attached hydrogen (secondary N) is 1. The number of sulfonamides is 1. The molecule has 0 spiro atoms. The molecule has 0 aromatic carbocycles. The van der Waals surface area contributed by atoms with Gasteiger partial charge >= 0.3 is 0 Å². The topological polar surface area (TPSA) is 123 Å². The molecule has 0 fully saturated rings. The number of nitrogens with two attached hydrogens (primary N) is 1. The van der Waals surface area contributed by atoms with Crippen molar-refractivity contribution in [2.45, 2.75) is 39.3 Å². The molecule has 1 aromatic heterocycles. The van der Waals surface area contributed by atoms with Gasteiger partial charge in [0.25, 0.3) is 10.0 Å².